The van der Waals surface area contributed by atoms with E-state index in [0.29, 0.717) is 25.3 Å². The zero-order valence-electron chi connectivity index (χ0n) is 11.9. The molecule has 1 amide bonds. The summed E-state index contributed by atoms with van der Waals surface area (Å²) in [5.74, 6) is -0.274. The molecule has 0 saturated carbocycles. The molecule has 2 unspecified atom stereocenters. The molecule has 5 heteroatoms. The monoisotopic (exact) mass is 268 g/mol. The third-order valence-corrected chi connectivity index (χ3v) is 4.66. The molecule has 19 heavy (non-hydrogen) atoms. The SMILES string of the molecule is CN1CCC(CCC(=O)N2CCCC2(C)C(=O)O)C1. The van der Waals surface area contributed by atoms with Crippen LogP contribution in [-0.2, 0) is 9.59 Å². The van der Waals surface area contributed by atoms with Crippen molar-refractivity contribution in [2.75, 3.05) is 26.7 Å². The van der Waals surface area contributed by atoms with E-state index in [-0.39, 0.29) is 5.91 Å². The van der Waals surface area contributed by atoms with Crippen molar-refractivity contribution in [1.29, 1.82) is 0 Å². The van der Waals surface area contributed by atoms with Gasteiger partial charge in [0.05, 0.1) is 0 Å². The van der Waals surface area contributed by atoms with Gasteiger partial charge < -0.3 is 14.9 Å². The highest BCUT2D eigenvalue weighted by molar-refractivity contribution is 5.87. The van der Waals surface area contributed by atoms with Crippen LogP contribution in [0.2, 0.25) is 0 Å². The summed E-state index contributed by atoms with van der Waals surface area (Å²) < 4.78 is 0. The summed E-state index contributed by atoms with van der Waals surface area (Å²) in [4.78, 5) is 27.5. The Balaban J connectivity index is 1.87. The van der Waals surface area contributed by atoms with Gasteiger partial charge in [0.2, 0.25) is 5.91 Å². The fourth-order valence-electron chi connectivity index (χ4n) is 3.31. The van der Waals surface area contributed by atoms with Crippen LogP contribution in [0.1, 0.15) is 39.0 Å². The molecule has 108 valence electrons. The van der Waals surface area contributed by atoms with Gasteiger partial charge >= 0.3 is 5.97 Å². The predicted octanol–water partition coefficient (Wildman–Crippen LogP) is 1.18. The topological polar surface area (TPSA) is 60.9 Å². The molecule has 2 aliphatic heterocycles. The normalized spacial score (nSPS) is 31.9. The summed E-state index contributed by atoms with van der Waals surface area (Å²) in [5.41, 5.74) is -0.983. The Bertz CT molecular complexity index is 372. The van der Waals surface area contributed by atoms with E-state index >= 15 is 0 Å². The maximum atomic E-state index is 12.3. The minimum Gasteiger partial charge on any atom is -0.480 e. The van der Waals surface area contributed by atoms with Crippen LogP contribution in [0.5, 0.6) is 0 Å². The molecule has 2 aliphatic rings. The Morgan fingerprint density at radius 3 is 2.68 bits per heavy atom. The number of rotatable bonds is 4. The maximum Gasteiger partial charge on any atom is 0.329 e. The number of amides is 1. The quantitative estimate of drug-likeness (QED) is 0.832. The molecule has 0 aromatic carbocycles. The van der Waals surface area contributed by atoms with Crippen molar-refractivity contribution < 1.29 is 14.7 Å². The number of nitrogens with zero attached hydrogens (tertiary/aromatic N) is 2. The highest BCUT2D eigenvalue weighted by Gasteiger charge is 2.45. The second-order valence-corrected chi connectivity index (χ2v) is 6.18. The van der Waals surface area contributed by atoms with E-state index in [1.54, 1.807) is 11.8 Å². The van der Waals surface area contributed by atoms with Crippen LogP contribution in [-0.4, -0.2) is 59.0 Å². The van der Waals surface area contributed by atoms with E-state index in [2.05, 4.69) is 11.9 Å². The molecule has 0 aromatic rings. The van der Waals surface area contributed by atoms with Crippen LogP contribution >= 0.6 is 0 Å². The van der Waals surface area contributed by atoms with Gasteiger partial charge in [-0.15, -0.1) is 0 Å². The lowest BCUT2D eigenvalue weighted by Gasteiger charge is -2.31. The Morgan fingerprint density at radius 1 is 1.37 bits per heavy atom. The molecule has 0 aromatic heterocycles. The molecule has 0 radical (unpaired) electrons. The van der Waals surface area contributed by atoms with Gasteiger partial charge in [-0.1, -0.05) is 0 Å². The van der Waals surface area contributed by atoms with Crippen LogP contribution in [0.3, 0.4) is 0 Å². The highest BCUT2D eigenvalue weighted by Crippen LogP contribution is 2.30. The van der Waals surface area contributed by atoms with Crippen LogP contribution < -0.4 is 0 Å². The van der Waals surface area contributed by atoms with Crippen LogP contribution in [0.4, 0.5) is 0 Å². The lowest BCUT2D eigenvalue weighted by molar-refractivity contribution is -0.155. The second kappa shape index (κ2) is 5.49. The molecular formula is C14H24N2O3. The Hall–Kier alpha value is -1.10. The Morgan fingerprint density at radius 2 is 2.11 bits per heavy atom. The molecule has 1 N–H and O–H groups in total. The van der Waals surface area contributed by atoms with Crippen LogP contribution in [0.25, 0.3) is 0 Å². The fraction of sp³-hybridized carbons (Fsp3) is 0.857. The molecule has 2 fully saturated rings. The second-order valence-electron chi connectivity index (χ2n) is 6.18. The largest absolute Gasteiger partial charge is 0.480 e. The first-order valence-electron chi connectivity index (χ1n) is 7.16. The Kier molecular flexibility index (Phi) is 4.13. The average molecular weight is 268 g/mol. The van der Waals surface area contributed by atoms with Crippen molar-refractivity contribution in [1.82, 2.24) is 9.80 Å². The lowest BCUT2D eigenvalue weighted by atomic mass is 9.97. The van der Waals surface area contributed by atoms with E-state index in [0.717, 1.165) is 32.4 Å². The number of carbonyl (C=O) groups excluding carboxylic acids is 1. The van der Waals surface area contributed by atoms with Gasteiger partial charge in [0.15, 0.2) is 0 Å². The number of carboxylic acid groups (broad SMARTS) is 1. The molecule has 2 atom stereocenters. The number of likely N-dealkylation sites (tertiary alicyclic amines) is 2. The zero-order chi connectivity index (χ0) is 14.0. The molecule has 2 saturated heterocycles. The van der Waals surface area contributed by atoms with Gasteiger partial charge in [-0.25, -0.2) is 4.79 Å². The number of carbonyl (C=O) groups is 2. The molecular weight excluding hydrogens is 244 g/mol. The Labute approximate surface area is 114 Å². The summed E-state index contributed by atoms with van der Waals surface area (Å²) in [6.45, 7) is 4.43. The van der Waals surface area contributed by atoms with Gasteiger partial charge in [0.1, 0.15) is 5.54 Å². The maximum absolute atomic E-state index is 12.3. The van der Waals surface area contributed by atoms with E-state index in [9.17, 15) is 14.7 Å². The number of aliphatic carboxylic acids is 1. The third-order valence-electron chi connectivity index (χ3n) is 4.66. The number of carboxylic acids is 1. The van der Waals surface area contributed by atoms with Gasteiger partial charge in [-0.3, -0.25) is 4.79 Å². The lowest BCUT2D eigenvalue weighted by Crippen LogP contribution is -2.50. The van der Waals surface area contributed by atoms with E-state index < -0.39 is 11.5 Å². The van der Waals surface area contributed by atoms with Gasteiger partial charge in [-0.05, 0) is 52.1 Å². The molecule has 5 nitrogen and oxygen atoms in total. The first kappa shape index (κ1) is 14.3. The molecule has 0 aliphatic carbocycles. The van der Waals surface area contributed by atoms with Crippen LogP contribution in [0.15, 0.2) is 0 Å². The van der Waals surface area contributed by atoms with Crippen molar-refractivity contribution in [2.45, 2.75) is 44.6 Å². The molecule has 0 bridgehead atoms. The van der Waals surface area contributed by atoms with Crippen molar-refractivity contribution in [3.05, 3.63) is 0 Å². The zero-order valence-corrected chi connectivity index (χ0v) is 11.9. The van der Waals surface area contributed by atoms with E-state index in [1.807, 2.05) is 0 Å². The first-order chi connectivity index (χ1) is 8.93. The fourth-order valence-corrected chi connectivity index (χ4v) is 3.31. The standard InChI is InChI=1S/C14H24N2O3/c1-14(13(18)19)7-3-8-16(14)12(17)5-4-11-6-9-15(2)10-11/h11H,3-10H2,1-2H3,(H,18,19). The smallest absolute Gasteiger partial charge is 0.329 e. The van der Waals surface area contributed by atoms with Gasteiger partial charge in [0.25, 0.3) is 0 Å². The first-order valence-corrected chi connectivity index (χ1v) is 7.16. The minimum atomic E-state index is -0.983. The number of hydrogen-bond donors (Lipinski definition) is 1. The van der Waals surface area contributed by atoms with E-state index in [1.165, 1.54) is 0 Å². The summed E-state index contributed by atoms with van der Waals surface area (Å²) in [6, 6.07) is 0. The summed E-state index contributed by atoms with van der Waals surface area (Å²) in [7, 11) is 2.10. The van der Waals surface area contributed by atoms with Gasteiger partial charge in [-0.2, -0.15) is 0 Å². The predicted molar refractivity (Wildman–Crippen MR) is 71.8 cm³/mol. The average Bonchev–Trinajstić information content (AvgIpc) is 2.93. The summed E-state index contributed by atoms with van der Waals surface area (Å²) in [6.07, 6.45) is 3.89. The summed E-state index contributed by atoms with van der Waals surface area (Å²) >= 11 is 0. The molecule has 0 spiro atoms. The van der Waals surface area contributed by atoms with Gasteiger partial charge in [0, 0.05) is 19.5 Å². The summed E-state index contributed by atoms with van der Waals surface area (Å²) in [5, 5.41) is 9.31. The van der Waals surface area contributed by atoms with Crippen LogP contribution in [0, 0.1) is 5.92 Å². The molecule has 2 rings (SSSR count). The van der Waals surface area contributed by atoms with Crippen molar-refractivity contribution in [3.63, 3.8) is 0 Å². The van der Waals surface area contributed by atoms with Crippen molar-refractivity contribution >= 4 is 11.9 Å². The number of hydrogen-bond acceptors (Lipinski definition) is 3. The van der Waals surface area contributed by atoms with Crippen molar-refractivity contribution in [2.24, 2.45) is 5.92 Å². The van der Waals surface area contributed by atoms with E-state index in [4.69, 9.17) is 0 Å². The third kappa shape index (κ3) is 2.91. The molecule has 2 heterocycles. The van der Waals surface area contributed by atoms with Crippen molar-refractivity contribution in [3.8, 4) is 0 Å². The highest BCUT2D eigenvalue weighted by atomic mass is 16.4. The minimum absolute atomic E-state index is 0.0111.